The first-order valence-corrected chi connectivity index (χ1v) is 10.7. The molecule has 0 bridgehead atoms. The zero-order chi connectivity index (χ0) is 22.6. The number of halogens is 3. The molecule has 2 atom stereocenters. The minimum Gasteiger partial charge on any atom is -0.373 e. The summed E-state index contributed by atoms with van der Waals surface area (Å²) in [6.45, 7) is 0. The largest absolute Gasteiger partial charge is 0.501 e. The Morgan fingerprint density at radius 2 is 1.90 bits per heavy atom. The number of anilines is 2. The molecule has 0 radical (unpaired) electrons. The number of carbonyl (C=O) groups excluding carboxylic acids is 2. The molecule has 8 nitrogen and oxygen atoms in total. The fraction of sp³-hybridized carbons (Fsp3) is 0.316. The summed E-state index contributed by atoms with van der Waals surface area (Å²) in [7, 11) is -3.79. The lowest BCUT2D eigenvalue weighted by Crippen LogP contribution is -2.35. The van der Waals surface area contributed by atoms with Gasteiger partial charge in [-0.15, -0.1) is 0 Å². The average Bonchev–Trinajstić information content (AvgIpc) is 3.33. The van der Waals surface area contributed by atoms with Crippen molar-refractivity contribution in [2.75, 3.05) is 17.3 Å². The number of hydrogen-bond donors (Lipinski definition) is 2. The van der Waals surface area contributed by atoms with Gasteiger partial charge in [0.1, 0.15) is 11.4 Å². The van der Waals surface area contributed by atoms with Crippen LogP contribution in [0.15, 0.2) is 47.5 Å². The predicted molar refractivity (Wildman–Crippen MR) is 104 cm³/mol. The van der Waals surface area contributed by atoms with Crippen molar-refractivity contribution in [2.24, 2.45) is 5.92 Å². The van der Waals surface area contributed by atoms with Crippen LogP contribution in [-0.4, -0.2) is 43.4 Å². The molecule has 1 aliphatic heterocycles. The zero-order valence-corrected chi connectivity index (χ0v) is 16.9. The number of amides is 3. The van der Waals surface area contributed by atoms with Gasteiger partial charge in [0.25, 0.3) is 15.7 Å². The third-order valence-corrected chi connectivity index (χ3v) is 7.00. The van der Waals surface area contributed by atoms with E-state index in [0.717, 1.165) is 34.7 Å². The first-order chi connectivity index (χ1) is 14.5. The maximum atomic E-state index is 13.0. The van der Waals surface area contributed by atoms with Gasteiger partial charge in [-0.1, -0.05) is 0 Å². The van der Waals surface area contributed by atoms with E-state index in [4.69, 9.17) is 0 Å². The Kier molecular flexibility index (Phi) is 4.72. The Bertz CT molecular complexity index is 1170. The normalized spacial score (nSPS) is 23.2. The molecule has 2 fully saturated rings. The number of carbonyl (C=O) groups is 2. The van der Waals surface area contributed by atoms with E-state index in [-0.39, 0.29) is 11.6 Å². The number of nitrogens with one attached hydrogen (secondary N) is 2. The van der Waals surface area contributed by atoms with Gasteiger partial charge >= 0.3 is 11.5 Å². The van der Waals surface area contributed by atoms with E-state index in [9.17, 15) is 31.2 Å². The second kappa shape index (κ2) is 6.94. The number of aromatic nitrogens is 1. The molecule has 164 valence electrons. The van der Waals surface area contributed by atoms with Crippen molar-refractivity contribution in [1.29, 1.82) is 0 Å². The SMILES string of the molecule is CNc1cc(CC2CC23NC(=O)N(c2ccc(S(=O)(=O)C(F)(F)F)cc2)C3=O)ccn1. The van der Waals surface area contributed by atoms with Gasteiger partial charge in [0, 0.05) is 13.2 Å². The van der Waals surface area contributed by atoms with Crippen molar-refractivity contribution >= 4 is 33.3 Å². The highest BCUT2D eigenvalue weighted by atomic mass is 32.2. The van der Waals surface area contributed by atoms with Crippen molar-refractivity contribution in [3.05, 3.63) is 48.2 Å². The molecule has 3 amide bonds. The first-order valence-electron chi connectivity index (χ1n) is 9.20. The molecule has 2 heterocycles. The molecule has 1 spiro atoms. The third-order valence-electron chi connectivity index (χ3n) is 5.50. The summed E-state index contributed by atoms with van der Waals surface area (Å²) in [5.74, 6) is 0.00673. The maximum absolute atomic E-state index is 13.0. The summed E-state index contributed by atoms with van der Waals surface area (Å²) >= 11 is 0. The molecular weight excluding hydrogens is 437 g/mol. The maximum Gasteiger partial charge on any atom is 0.501 e. The zero-order valence-electron chi connectivity index (χ0n) is 16.1. The molecule has 2 aliphatic rings. The topological polar surface area (TPSA) is 108 Å². The van der Waals surface area contributed by atoms with Gasteiger partial charge < -0.3 is 10.6 Å². The van der Waals surface area contributed by atoms with E-state index < -0.39 is 37.7 Å². The van der Waals surface area contributed by atoms with E-state index in [0.29, 0.717) is 18.7 Å². The number of hydrogen-bond acceptors (Lipinski definition) is 6. The van der Waals surface area contributed by atoms with Crippen LogP contribution in [0.1, 0.15) is 12.0 Å². The Morgan fingerprint density at radius 3 is 2.52 bits per heavy atom. The Morgan fingerprint density at radius 1 is 1.23 bits per heavy atom. The Labute approximate surface area is 175 Å². The first kappa shape index (κ1) is 21.1. The van der Waals surface area contributed by atoms with Gasteiger partial charge in [-0.2, -0.15) is 13.2 Å². The van der Waals surface area contributed by atoms with Crippen LogP contribution < -0.4 is 15.5 Å². The van der Waals surface area contributed by atoms with Crippen molar-refractivity contribution in [3.63, 3.8) is 0 Å². The monoisotopic (exact) mass is 454 g/mol. The summed E-state index contributed by atoms with van der Waals surface area (Å²) < 4.78 is 61.1. The van der Waals surface area contributed by atoms with Crippen LogP contribution in [0.5, 0.6) is 0 Å². The third kappa shape index (κ3) is 3.40. The second-order valence-corrected chi connectivity index (χ2v) is 9.33. The Balaban J connectivity index is 1.53. The van der Waals surface area contributed by atoms with Crippen LogP contribution in [-0.2, 0) is 21.1 Å². The van der Waals surface area contributed by atoms with Gasteiger partial charge in [0.15, 0.2) is 0 Å². The lowest BCUT2D eigenvalue weighted by molar-refractivity contribution is -0.119. The summed E-state index contributed by atoms with van der Waals surface area (Å²) in [6, 6.07) is 6.42. The van der Waals surface area contributed by atoms with Gasteiger partial charge in [0.05, 0.1) is 10.6 Å². The van der Waals surface area contributed by atoms with Crippen LogP contribution in [0.4, 0.5) is 29.5 Å². The molecule has 1 aromatic heterocycles. The summed E-state index contributed by atoms with van der Waals surface area (Å²) in [5.41, 5.74) is -5.59. The van der Waals surface area contributed by atoms with E-state index in [2.05, 4.69) is 15.6 Å². The molecule has 4 rings (SSSR count). The van der Waals surface area contributed by atoms with Gasteiger partial charge in [-0.05, 0) is 60.7 Å². The van der Waals surface area contributed by atoms with Gasteiger partial charge in [-0.3, -0.25) is 4.79 Å². The van der Waals surface area contributed by atoms with Crippen LogP contribution in [0, 0.1) is 5.92 Å². The average molecular weight is 454 g/mol. The molecule has 1 saturated carbocycles. The highest BCUT2D eigenvalue weighted by Gasteiger charge is 2.67. The van der Waals surface area contributed by atoms with Gasteiger partial charge in [-0.25, -0.2) is 23.1 Å². The molecule has 31 heavy (non-hydrogen) atoms. The molecular formula is C19H17F3N4O4S. The summed E-state index contributed by atoms with van der Waals surface area (Å²) in [4.78, 5) is 29.4. The van der Waals surface area contributed by atoms with Crippen LogP contribution >= 0.6 is 0 Å². The van der Waals surface area contributed by atoms with E-state index >= 15 is 0 Å². The number of alkyl halides is 3. The van der Waals surface area contributed by atoms with E-state index in [1.54, 1.807) is 13.2 Å². The fourth-order valence-corrected chi connectivity index (χ4v) is 4.51. The van der Waals surface area contributed by atoms with Crippen LogP contribution in [0.25, 0.3) is 0 Å². The molecule has 1 aromatic carbocycles. The minimum absolute atomic E-state index is 0.00692. The molecule has 2 N–H and O–H groups in total. The second-order valence-electron chi connectivity index (χ2n) is 7.39. The molecule has 1 aliphatic carbocycles. The van der Waals surface area contributed by atoms with Gasteiger partial charge in [0.2, 0.25) is 0 Å². The number of pyridine rings is 1. The van der Waals surface area contributed by atoms with Crippen molar-refractivity contribution in [3.8, 4) is 0 Å². The molecule has 1 saturated heterocycles. The summed E-state index contributed by atoms with van der Waals surface area (Å²) in [6.07, 6.45) is 2.58. The predicted octanol–water partition coefficient (Wildman–Crippen LogP) is 2.47. The highest BCUT2D eigenvalue weighted by molar-refractivity contribution is 7.92. The molecule has 12 heteroatoms. The Hall–Kier alpha value is -3.15. The highest BCUT2D eigenvalue weighted by Crippen LogP contribution is 2.50. The van der Waals surface area contributed by atoms with Crippen molar-refractivity contribution in [2.45, 2.75) is 28.8 Å². The van der Waals surface area contributed by atoms with Crippen molar-refractivity contribution in [1.82, 2.24) is 10.3 Å². The van der Waals surface area contributed by atoms with E-state index in [1.165, 1.54) is 0 Å². The quantitative estimate of drug-likeness (QED) is 0.672. The molecule has 2 unspecified atom stereocenters. The standard InChI is InChI=1S/C19H17F3N4O4S/c1-23-15-9-11(6-7-24-15)8-12-10-18(12)16(27)26(17(28)25-18)13-2-4-14(5-3-13)31(29,30)19(20,21)22/h2-7,9,12H,8,10H2,1H3,(H,23,24)(H,25,28). The summed E-state index contributed by atoms with van der Waals surface area (Å²) in [5, 5.41) is 5.60. The van der Waals surface area contributed by atoms with E-state index in [1.807, 2.05) is 12.1 Å². The van der Waals surface area contributed by atoms with Crippen molar-refractivity contribution < 1.29 is 31.2 Å². The lowest BCUT2D eigenvalue weighted by Gasteiger charge is -2.14. The number of sulfone groups is 1. The van der Waals surface area contributed by atoms with Crippen LogP contribution in [0.3, 0.4) is 0 Å². The van der Waals surface area contributed by atoms with Crippen LogP contribution in [0.2, 0.25) is 0 Å². The number of benzene rings is 1. The number of rotatable bonds is 5. The number of nitrogens with zero attached hydrogens (tertiary/aromatic N) is 2. The lowest BCUT2D eigenvalue weighted by atomic mass is 10.1. The number of imide groups is 1. The minimum atomic E-state index is -5.52. The molecule has 2 aromatic rings. The fourth-order valence-electron chi connectivity index (χ4n) is 3.75. The smallest absolute Gasteiger partial charge is 0.373 e. The number of urea groups is 1.